The zero-order valence-corrected chi connectivity index (χ0v) is 14.1. The number of nitrogens with zero attached hydrogens (tertiary/aromatic N) is 2. The van der Waals surface area contributed by atoms with E-state index in [1.807, 2.05) is 31.2 Å². The van der Waals surface area contributed by atoms with Gasteiger partial charge in [0.15, 0.2) is 5.72 Å². The number of hydrogen-bond acceptors (Lipinski definition) is 3. The van der Waals surface area contributed by atoms with Gasteiger partial charge >= 0.3 is 0 Å². The first-order valence-electron chi connectivity index (χ1n) is 6.80. The fourth-order valence-electron chi connectivity index (χ4n) is 2.45. The predicted octanol–water partition coefficient (Wildman–Crippen LogP) is 4.53. The summed E-state index contributed by atoms with van der Waals surface area (Å²) < 4.78 is 0.962. The second-order valence-corrected chi connectivity index (χ2v) is 6.18. The quantitative estimate of drug-likeness (QED) is 0.818. The summed E-state index contributed by atoms with van der Waals surface area (Å²) in [6.45, 7) is 7.51. The average molecular weight is 357 g/mol. The summed E-state index contributed by atoms with van der Waals surface area (Å²) in [5, 5.41) is 20.2. The van der Waals surface area contributed by atoms with Crippen molar-refractivity contribution in [2.24, 2.45) is 0 Å². The van der Waals surface area contributed by atoms with Gasteiger partial charge in [-0.2, -0.15) is 5.26 Å². The van der Waals surface area contributed by atoms with Crippen LogP contribution in [0.25, 0.3) is 0 Å². The van der Waals surface area contributed by atoms with Gasteiger partial charge in [-0.3, -0.25) is 0 Å². The number of allylic oxidation sites excluding steroid dienone is 1. The van der Waals surface area contributed by atoms with E-state index in [4.69, 9.17) is 5.26 Å². The van der Waals surface area contributed by atoms with Gasteiger partial charge in [-0.1, -0.05) is 34.6 Å². The van der Waals surface area contributed by atoms with Crippen molar-refractivity contribution in [3.05, 3.63) is 76.4 Å². The maximum absolute atomic E-state index is 11.1. The van der Waals surface area contributed by atoms with Crippen molar-refractivity contribution in [1.82, 2.24) is 0 Å². The molecule has 1 unspecified atom stereocenters. The molecule has 112 valence electrons. The van der Waals surface area contributed by atoms with Crippen LogP contribution >= 0.6 is 15.9 Å². The van der Waals surface area contributed by atoms with E-state index in [2.05, 4.69) is 28.6 Å². The lowest BCUT2D eigenvalue weighted by molar-refractivity contribution is 0.0602. The Morgan fingerprint density at radius 3 is 2.45 bits per heavy atom. The van der Waals surface area contributed by atoms with Crippen molar-refractivity contribution in [1.29, 1.82) is 5.26 Å². The van der Waals surface area contributed by atoms with Crippen molar-refractivity contribution in [2.45, 2.75) is 19.6 Å². The van der Waals surface area contributed by atoms with Crippen LogP contribution in [-0.2, 0) is 5.72 Å². The monoisotopic (exact) mass is 356 g/mol. The fourth-order valence-corrected chi connectivity index (χ4v) is 2.71. The molecule has 0 aromatic heterocycles. The molecule has 1 atom stereocenters. The van der Waals surface area contributed by atoms with Crippen molar-refractivity contribution in [3.8, 4) is 6.07 Å². The van der Waals surface area contributed by atoms with Gasteiger partial charge in [0.05, 0.1) is 11.6 Å². The molecule has 4 heteroatoms. The minimum absolute atomic E-state index is 0.509. The first-order valence-corrected chi connectivity index (χ1v) is 7.60. The normalized spacial score (nSPS) is 13.0. The van der Waals surface area contributed by atoms with E-state index in [0.29, 0.717) is 16.8 Å². The Bertz CT molecular complexity index is 729. The van der Waals surface area contributed by atoms with Gasteiger partial charge in [0, 0.05) is 21.4 Å². The van der Waals surface area contributed by atoms with Gasteiger partial charge in [0.25, 0.3) is 0 Å². The minimum atomic E-state index is -1.31. The lowest BCUT2D eigenvalue weighted by atomic mass is 9.99. The molecular formula is C18H17BrN2O. The zero-order valence-electron chi connectivity index (χ0n) is 12.5. The van der Waals surface area contributed by atoms with E-state index in [9.17, 15) is 5.11 Å². The number of halogens is 1. The van der Waals surface area contributed by atoms with Gasteiger partial charge in [-0.15, -0.1) is 0 Å². The molecular weight excluding hydrogens is 340 g/mol. The highest BCUT2D eigenvalue weighted by Crippen LogP contribution is 2.34. The van der Waals surface area contributed by atoms with Crippen molar-refractivity contribution in [2.75, 3.05) is 4.90 Å². The minimum Gasteiger partial charge on any atom is -0.367 e. The summed E-state index contributed by atoms with van der Waals surface area (Å²) in [7, 11) is 0. The highest BCUT2D eigenvalue weighted by atomic mass is 79.9. The number of rotatable bonds is 4. The second kappa shape index (κ2) is 6.35. The smallest absolute Gasteiger partial charge is 0.165 e. The van der Waals surface area contributed by atoms with Crippen LogP contribution in [0.3, 0.4) is 0 Å². The van der Waals surface area contributed by atoms with Crippen LogP contribution in [0.2, 0.25) is 0 Å². The largest absolute Gasteiger partial charge is 0.367 e. The topological polar surface area (TPSA) is 47.3 Å². The molecule has 0 aliphatic rings. The molecule has 2 aromatic rings. The van der Waals surface area contributed by atoms with E-state index < -0.39 is 5.72 Å². The number of benzene rings is 2. The van der Waals surface area contributed by atoms with E-state index in [-0.39, 0.29) is 0 Å². The molecule has 1 N–H and O–H groups in total. The SMILES string of the molecule is C=C(C)N(c1ccc(Br)cc1)C(C)(O)c1cccc(C#N)c1. The third-order valence-electron chi connectivity index (χ3n) is 3.44. The third kappa shape index (κ3) is 3.22. The maximum Gasteiger partial charge on any atom is 0.165 e. The molecule has 2 rings (SSSR count). The van der Waals surface area contributed by atoms with Crippen LogP contribution in [0.5, 0.6) is 0 Å². The third-order valence-corrected chi connectivity index (χ3v) is 3.97. The first kappa shape index (κ1) is 16.3. The van der Waals surface area contributed by atoms with E-state index in [0.717, 1.165) is 10.2 Å². The first-order chi connectivity index (χ1) is 10.4. The second-order valence-electron chi connectivity index (χ2n) is 5.26. The van der Waals surface area contributed by atoms with Crippen LogP contribution < -0.4 is 4.90 Å². The molecule has 0 spiro atoms. The van der Waals surface area contributed by atoms with E-state index >= 15 is 0 Å². The lowest BCUT2D eigenvalue weighted by Gasteiger charge is -2.39. The molecule has 0 aliphatic heterocycles. The Hall–Kier alpha value is -2.09. The Balaban J connectivity index is 2.52. The van der Waals surface area contributed by atoms with Crippen LogP contribution in [0, 0.1) is 11.3 Å². The highest BCUT2D eigenvalue weighted by Gasteiger charge is 2.32. The Kier molecular flexibility index (Phi) is 4.70. The fraction of sp³-hybridized carbons (Fsp3) is 0.167. The number of nitriles is 1. The molecule has 0 saturated heterocycles. The zero-order chi connectivity index (χ0) is 16.3. The van der Waals surface area contributed by atoms with Crippen molar-refractivity contribution >= 4 is 21.6 Å². The van der Waals surface area contributed by atoms with Crippen LogP contribution in [0.15, 0.2) is 65.3 Å². The summed E-state index contributed by atoms with van der Waals surface area (Å²) in [5.74, 6) is 0. The summed E-state index contributed by atoms with van der Waals surface area (Å²) >= 11 is 3.41. The molecule has 0 amide bonds. The number of anilines is 1. The molecule has 0 radical (unpaired) electrons. The summed E-state index contributed by atoms with van der Waals surface area (Å²) in [5.41, 5.74) is 1.36. The molecule has 2 aromatic carbocycles. The standard InChI is InChI=1S/C18H17BrN2O/c1-13(2)21(17-9-7-16(19)8-10-17)18(3,22)15-6-4-5-14(11-15)12-20/h4-11,22H,1H2,2-3H3. The number of hydrogen-bond donors (Lipinski definition) is 1. The summed E-state index contributed by atoms with van der Waals surface area (Å²) in [4.78, 5) is 1.75. The molecule has 0 bridgehead atoms. The van der Waals surface area contributed by atoms with Gasteiger partial charge in [0.2, 0.25) is 0 Å². The Morgan fingerprint density at radius 2 is 1.91 bits per heavy atom. The summed E-state index contributed by atoms with van der Waals surface area (Å²) in [6, 6.07) is 16.7. The number of aliphatic hydroxyl groups is 1. The summed E-state index contributed by atoms with van der Waals surface area (Å²) in [6.07, 6.45) is 0. The molecule has 0 fully saturated rings. The molecule has 0 saturated carbocycles. The van der Waals surface area contributed by atoms with Gasteiger partial charge in [0.1, 0.15) is 0 Å². The highest BCUT2D eigenvalue weighted by molar-refractivity contribution is 9.10. The van der Waals surface area contributed by atoms with Crippen LogP contribution in [0.1, 0.15) is 25.0 Å². The lowest BCUT2D eigenvalue weighted by Crippen LogP contribution is -2.42. The van der Waals surface area contributed by atoms with Gasteiger partial charge in [-0.25, -0.2) is 0 Å². The average Bonchev–Trinajstić information content (AvgIpc) is 2.49. The maximum atomic E-state index is 11.1. The molecule has 0 aliphatic carbocycles. The van der Waals surface area contributed by atoms with Gasteiger partial charge < -0.3 is 10.0 Å². The van der Waals surface area contributed by atoms with Crippen LogP contribution in [0.4, 0.5) is 5.69 Å². The predicted molar refractivity (Wildman–Crippen MR) is 92.2 cm³/mol. The van der Waals surface area contributed by atoms with Crippen molar-refractivity contribution < 1.29 is 5.11 Å². The molecule has 3 nitrogen and oxygen atoms in total. The van der Waals surface area contributed by atoms with Gasteiger partial charge in [-0.05, 0) is 50.2 Å². The Labute approximate surface area is 139 Å². The Morgan fingerprint density at radius 1 is 1.27 bits per heavy atom. The van der Waals surface area contributed by atoms with Crippen molar-refractivity contribution in [3.63, 3.8) is 0 Å². The molecule has 0 heterocycles. The van der Waals surface area contributed by atoms with E-state index in [1.165, 1.54) is 0 Å². The molecule has 22 heavy (non-hydrogen) atoms. The van der Waals surface area contributed by atoms with E-state index in [1.54, 1.807) is 36.1 Å². The van der Waals surface area contributed by atoms with Crippen LogP contribution in [-0.4, -0.2) is 5.11 Å².